The molecular weight excluding hydrogens is 325 g/mol. The van der Waals surface area contributed by atoms with Crippen molar-refractivity contribution in [2.45, 2.75) is 13.0 Å². The molecule has 128 valence electrons. The zero-order valence-electron chi connectivity index (χ0n) is 13.3. The normalized spacial score (nSPS) is 10.8. The van der Waals surface area contributed by atoms with Gasteiger partial charge in [-0.15, -0.1) is 5.10 Å². The van der Waals surface area contributed by atoms with Gasteiger partial charge in [-0.25, -0.2) is 9.07 Å². The van der Waals surface area contributed by atoms with Gasteiger partial charge in [0.2, 0.25) is 11.8 Å². The van der Waals surface area contributed by atoms with Gasteiger partial charge in [-0.05, 0) is 36.4 Å². The Kier molecular flexibility index (Phi) is 4.69. The van der Waals surface area contributed by atoms with E-state index in [-0.39, 0.29) is 25.4 Å². The van der Waals surface area contributed by atoms with Gasteiger partial charge < -0.3 is 10.6 Å². The number of hydrogen-bond acceptors (Lipinski definition) is 4. The molecule has 0 aliphatic heterocycles. The molecule has 7 nitrogen and oxygen atoms in total. The van der Waals surface area contributed by atoms with E-state index in [0.717, 1.165) is 5.52 Å². The number of amides is 2. The number of carbonyl (C=O) groups excluding carboxylic acids is 2. The van der Waals surface area contributed by atoms with Gasteiger partial charge in [-0.3, -0.25) is 9.59 Å². The predicted molar refractivity (Wildman–Crippen MR) is 90.1 cm³/mol. The quantitative estimate of drug-likeness (QED) is 0.735. The molecule has 0 bridgehead atoms. The van der Waals surface area contributed by atoms with Gasteiger partial charge in [0, 0.05) is 18.7 Å². The Hall–Kier alpha value is -3.29. The van der Waals surface area contributed by atoms with Crippen LogP contribution in [0.2, 0.25) is 0 Å². The number of halogens is 1. The standard InChI is InChI=1S/C17H16FN5O2/c18-12-5-7-13(8-6-12)22(10-9-16(19)24)17(25)11-23-15-4-2-1-3-14(15)20-21-23/h1-8H,9-11H2,(H2,19,24). The summed E-state index contributed by atoms with van der Waals surface area (Å²) in [6.45, 7) is 0.0447. The predicted octanol–water partition coefficient (Wildman–Crippen LogP) is 1.48. The third-order valence-electron chi connectivity index (χ3n) is 3.73. The van der Waals surface area contributed by atoms with E-state index in [2.05, 4.69) is 10.3 Å². The van der Waals surface area contributed by atoms with Crippen LogP contribution in [-0.2, 0) is 16.1 Å². The first-order valence-electron chi connectivity index (χ1n) is 7.67. The molecule has 1 aromatic heterocycles. The van der Waals surface area contributed by atoms with E-state index < -0.39 is 11.7 Å². The highest BCUT2D eigenvalue weighted by Crippen LogP contribution is 2.17. The Morgan fingerprint density at radius 1 is 1.12 bits per heavy atom. The maximum absolute atomic E-state index is 13.1. The molecule has 0 radical (unpaired) electrons. The van der Waals surface area contributed by atoms with Crippen molar-refractivity contribution in [3.8, 4) is 0 Å². The molecule has 3 aromatic rings. The molecule has 0 saturated carbocycles. The second-order valence-corrected chi connectivity index (χ2v) is 5.47. The average Bonchev–Trinajstić information content (AvgIpc) is 2.99. The molecule has 0 aliphatic carbocycles. The first kappa shape index (κ1) is 16.6. The lowest BCUT2D eigenvalue weighted by Gasteiger charge is -2.22. The summed E-state index contributed by atoms with van der Waals surface area (Å²) in [5.41, 5.74) is 7.08. The Balaban J connectivity index is 1.85. The minimum atomic E-state index is -0.522. The fourth-order valence-corrected chi connectivity index (χ4v) is 2.49. The molecule has 3 rings (SSSR count). The van der Waals surface area contributed by atoms with Gasteiger partial charge in [0.1, 0.15) is 17.9 Å². The van der Waals surface area contributed by atoms with E-state index in [1.165, 1.54) is 33.8 Å². The highest BCUT2D eigenvalue weighted by molar-refractivity contribution is 5.94. The summed E-state index contributed by atoms with van der Waals surface area (Å²) in [6, 6.07) is 12.7. The second kappa shape index (κ2) is 7.08. The minimum Gasteiger partial charge on any atom is -0.370 e. The van der Waals surface area contributed by atoms with Crippen LogP contribution in [0.4, 0.5) is 10.1 Å². The molecule has 2 N–H and O–H groups in total. The maximum Gasteiger partial charge on any atom is 0.248 e. The lowest BCUT2D eigenvalue weighted by atomic mass is 10.2. The molecule has 8 heteroatoms. The first-order valence-corrected chi connectivity index (χ1v) is 7.67. The van der Waals surface area contributed by atoms with Crippen molar-refractivity contribution in [3.63, 3.8) is 0 Å². The number of fused-ring (bicyclic) bond motifs is 1. The molecule has 0 atom stereocenters. The zero-order chi connectivity index (χ0) is 17.8. The summed E-state index contributed by atoms with van der Waals surface area (Å²) >= 11 is 0. The van der Waals surface area contributed by atoms with Crippen LogP contribution >= 0.6 is 0 Å². The molecule has 0 unspecified atom stereocenters. The maximum atomic E-state index is 13.1. The lowest BCUT2D eigenvalue weighted by Crippen LogP contribution is -2.36. The monoisotopic (exact) mass is 341 g/mol. The number of nitrogens with two attached hydrogens (primary N) is 1. The van der Waals surface area contributed by atoms with Crippen molar-refractivity contribution in [2.75, 3.05) is 11.4 Å². The number of nitrogens with zero attached hydrogens (tertiary/aromatic N) is 4. The summed E-state index contributed by atoms with van der Waals surface area (Å²) in [6.07, 6.45) is 0.00121. The number of aromatic nitrogens is 3. The molecule has 0 saturated heterocycles. The van der Waals surface area contributed by atoms with Gasteiger partial charge in [-0.2, -0.15) is 0 Å². The van der Waals surface area contributed by atoms with Crippen LogP contribution < -0.4 is 10.6 Å². The van der Waals surface area contributed by atoms with Crippen LogP contribution in [0.5, 0.6) is 0 Å². The molecule has 2 amide bonds. The van der Waals surface area contributed by atoms with Crippen molar-refractivity contribution < 1.29 is 14.0 Å². The molecule has 1 heterocycles. The highest BCUT2D eigenvalue weighted by Gasteiger charge is 2.18. The number of primary amides is 1. The van der Waals surface area contributed by atoms with Gasteiger partial charge >= 0.3 is 0 Å². The smallest absolute Gasteiger partial charge is 0.248 e. The second-order valence-electron chi connectivity index (χ2n) is 5.47. The average molecular weight is 341 g/mol. The summed E-state index contributed by atoms with van der Waals surface area (Å²) in [7, 11) is 0. The molecule has 0 fully saturated rings. The van der Waals surface area contributed by atoms with Gasteiger partial charge in [0.05, 0.1) is 5.52 Å². The first-order chi connectivity index (χ1) is 12.0. The summed E-state index contributed by atoms with van der Waals surface area (Å²) in [4.78, 5) is 25.2. The van der Waals surface area contributed by atoms with Crippen molar-refractivity contribution in [1.82, 2.24) is 15.0 Å². The number of para-hydroxylation sites is 1. The van der Waals surface area contributed by atoms with E-state index in [1.807, 2.05) is 18.2 Å². The molecule has 0 spiro atoms. The molecule has 25 heavy (non-hydrogen) atoms. The lowest BCUT2D eigenvalue weighted by molar-refractivity contribution is -0.119. The summed E-state index contributed by atoms with van der Waals surface area (Å²) in [5.74, 6) is -1.23. The van der Waals surface area contributed by atoms with Gasteiger partial charge in [0.15, 0.2) is 0 Å². The van der Waals surface area contributed by atoms with E-state index in [1.54, 1.807) is 6.07 Å². The largest absolute Gasteiger partial charge is 0.370 e. The SMILES string of the molecule is NC(=O)CCN(C(=O)Cn1nnc2ccccc21)c1ccc(F)cc1. The highest BCUT2D eigenvalue weighted by atomic mass is 19.1. The number of anilines is 1. The molecular formula is C17H16FN5O2. The van der Waals surface area contributed by atoms with Gasteiger partial charge in [-0.1, -0.05) is 17.3 Å². The number of carbonyl (C=O) groups is 2. The van der Waals surface area contributed by atoms with E-state index in [4.69, 9.17) is 5.73 Å². The van der Waals surface area contributed by atoms with E-state index in [0.29, 0.717) is 11.2 Å². The number of rotatable bonds is 6. The van der Waals surface area contributed by atoms with Crippen LogP contribution in [-0.4, -0.2) is 33.4 Å². The minimum absolute atomic E-state index is 0.00121. The zero-order valence-corrected chi connectivity index (χ0v) is 13.3. The molecule has 0 aliphatic rings. The summed E-state index contributed by atoms with van der Waals surface area (Å²) < 4.78 is 14.6. The van der Waals surface area contributed by atoms with Gasteiger partial charge in [0.25, 0.3) is 0 Å². The number of benzene rings is 2. The third-order valence-corrected chi connectivity index (χ3v) is 3.73. The Morgan fingerprint density at radius 3 is 2.56 bits per heavy atom. The van der Waals surface area contributed by atoms with E-state index in [9.17, 15) is 14.0 Å². The summed E-state index contributed by atoms with van der Waals surface area (Å²) in [5, 5.41) is 8.00. The third kappa shape index (κ3) is 3.79. The Bertz CT molecular complexity index is 907. The number of hydrogen-bond donors (Lipinski definition) is 1. The van der Waals surface area contributed by atoms with Crippen LogP contribution in [0.3, 0.4) is 0 Å². The topological polar surface area (TPSA) is 94.1 Å². The van der Waals surface area contributed by atoms with Crippen LogP contribution in [0, 0.1) is 5.82 Å². The Labute approximate surface area is 142 Å². The van der Waals surface area contributed by atoms with Crippen molar-refractivity contribution >= 4 is 28.5 Å². The Morgan fingerprint density at radius 2 is 1.84 bits per heavy atom. The van der Waals surface area contributed by atoms with Crippen molar-refractivity contribution in [3.05, 3.63) is 54.3 Å². The molecule has 2 aromatic carbocycles. The van der Waals surface area contributed by atoms with Crippen LogP contribution in [0.25, 0.3) is 11.0 Å². The van der Waals surface area contributed by atoms with Crippen molar-refractivity contribution in [2.24, 2.45) is 5.73 Å². The fourth-order valence-electron chi connectivity index (χ4n) is 2.49. The van der Waals surface area contributed by atoms with Crippen LogP contribution in [0.15, 0.2) is 48.5 Å². The van der Waals surface area contributed by atoms with Crippen molar-refractivity contribution in [1.29, 1.82) is 0 Å². The van der Waals surface area contributed by atoms with E-state index >= 15 is 0 Å². The fraction of sp³-hybridized carbons (Fsp3) is 0.176. The van der Waals surface area contributed by atoms with Crippen LogP contribution in [0.1, 0.15) is 6.42 Å².